The van der Waals surface area contributed by atoms with Crippen molar-refractivity contribution >= 4 is 41.5 Å². The van der Waals surface area contributed by atoms with Gasteiger partial charge >= 0.3 is 0 Å². The molecular weight excluding hydrogens is 489 g/mol. The molecule has 0 spiro atoms. The highest BCUT2D eigenvalue weighted by Gasteiger charge is 2.09. The molecular formula is C20H23ClIN5O. The van der Waals surface area contributed by atoms with E-state index >= 15 is 0 Å². The van der Waals surface area contributed by atoms with Gasteiger partial charge in [0.1, 0.15) is 0 Å². The van der Waals surface area contributed by atoms with E-state index in [0.717, 1.165) is 12.1 Å². The molecule has 0 aliphatic heterocycles. The van der Waals surface area contributed by atoms with E-state index in [1.54, 1.807) is 12.1 Å². The average Bonchev–Trinajstić information content (AvgIpc) is 3.14. The molecule has 1 heterocycles. The van der Waals surface area contributed by atoms with Crippen LogP contribution in [0, 0.1) is 6.92 Å². The van der Waals surface area contributed by atoms with E-state index in [9.17, 15) is 0 Å². The average molecular weight is 512 g/mol. The van der Waals surface area contributed by atoms with Gasteiger partial charge in [-0.1, -0.05) is 53.2 Å². The van der Waals surface area contributed by atoms with E-state index in [2.05, 4.69) is 44.8 Å². The summed E-state index contributed by atoms with van der Waals surface area (Å²) in [6, 6.07) is 15.6. The molecule has 0 amide bonds. The number of aromatic nitrogens is 2. The first-order valence-corrected chi connectivity index (χ1v) is 9.18. The highest BCUT2D eigenvalue weighted by Crippen LogP contribution is 2.19. The molecule has 0 radical (unpaired) electrons. The fourth-order valence-corrected chi connectivity index (χ4v) is 2.71. The Bertz CT molecular complexity index is 928. The summed E-state index contributed by atoms with van der Waals surface area (Å²) in [4.78, 5) is 9.03. The molecule has 0 saturated carbocycles. The van der Waals surface area contributed by atoms with Crippen molar-refractivity contribution in [2.45, 2.75) is 26.9 Å². The van der Waals surface area contributed by atoms with Crippen LogP contribution in [0.3, 0.4) is 0 Å². The summed E-state index contributed by atoms with van der Waals surface area (Å²) in [7, 11) is 0. The zero-order valence-electron chi connectivity index (χ0n) is 15.8. The zero-order valence-corrected chi connectivity index (χ0v) is 18.9. The Morgan fingerprint density at radius 1 is 1.14 bits per heavy atom. The van der Waals surface area contributed by atoms with Crippen LogP contribution in [-0.4, -0.2) is 22.6 Å². The third-order valence-corrected chi connectivity index (χ3v) is 4.21. The van der Waals surface area contributed by atoms with Crippen LogP contribution < -0.4 is 10.6 Å². The molecule has 3 aromatic rings. The van der Waals surface area contributed by atoms with Crippen molar-refractivity contribution in [2.24, 2.45) is 4.99 Å². The van der Waals surface area contributed by atoms with E-state index in [4.69, 9.17) is 16.1 Å². The quantitative estimate of drug-likeness (QED) is 0.288. The van der Waals surface area contributed by atoms with Gasteiger partial charge in [-0.15, -0.1) is 24.0 Å². The van der Waals surface area contributed by atoms with Crippen LogP contribution in [0.15, 0.2) is 58.0 Å². The fourth-order valence-electron chi connectivity index (χ4n) is 2.52. The Morgan fingerprint density at radius 3 is 2.71 bits per heavy atom. The molecule has 0 atom stereocenters. The third kappa shape index (κ3) is 6.20. The summed E-state index contributed by atoms with van der Waals surface area (Å²) in [5, 5.41) is 11.1. The number of aliphatic imine (C=N–C) groups is 1. The first kappa shape index (κ1) is 22.2. The Hall–Kier alpha value is -2.13. The van der Waals surface area contributed by atoms with Gasteiger partial charge in [0.05, 0.1) is 13.1 Å². The summed E-state index contributed by atoms with van der Waals surface area (Å²) < 4.78 is 5.32. The largest absolute Gasteiger partial charge is 0.357 e. The SMILES string of the molecule is CCNC(=NCc1ccccc1C)NCc1nc(-c2cccc(Cl)c2)no1.I. The number of nitrogens with one attached hydrogen (secondary N) is 2. The molecule has 2 N–H and O–H groups in total. The molecule has 8 heteroatoms. The van der Waals surface area contributed by atoms with Crippen LogP contribution in [0.2, 0.25) is 5.02 Å². The molecule has 28 heavy (non-hydrogen) atoms. The number of guanidine groups is 1. The topological polar surface area (TPSA) is 75.3 Å². The summed E-state index contributed by atoms with van der Waals surface area (Å²) in [5.74, 6) is 1.69. The normalized spacial score (nSPS) is 11.0. The molecule has 0 aliphatic rings. The predicted molar refractivity (Wildman–Crippen MR) is 123 cm³/mol. The monoisotopic (exact) mass is 511 g/mol. The van der Waals surface area contributed by atoms with Crippen LogP contribution in [-0.2, 0) is 13.1 Å². The first-order chi connectivity index (χ1) is 13.2. The molecule has 0 fully saturated rings. The van der Waals surface area contributed by atoms with Gasteiger partial charge in [-0.2, -0.15) is 4.98 Å². The lowest BCUT2D eigenvalue weighted by molar-refractivity contribution is 0.375. The van der Waals surface area contributed by atoms with Crippen LogP contribution >= 0.6 is 35.6 Å². The Kier molecular flexibility index (Phi) is 8.72. The molecule has 2 aromatic carbocycles. The van der Waals surface area contributed by atoms with E-state index < -0.39 is 0 Å². The number of aryl methyl sites for hydroxylation is 1. The minimum Gasteiger partial charge on any atom is -0.357 e. The van der Waals surface area contributed by atoms with Crippen molar-refractivity contribution in [3.8, 4) is 11.4 Å². The van der Waals surface area contributed by atoms with Crippen LogP contribution in [0.4, 0.5) is 0 Å². The second kappa shape index (κ2) is 11.0. The number of nitrogens with zero attached hydrogens (tertiary/aromatic N) is 3. The van der Waals surface area contributed by atoms with E-state index in [1.807, 2.05) is 31.2 Å². The van der Waals surface area contributed by atoms with Gasteiger partial charge in [0.25, 0.3) is 0 Å². The fraction of sp³-hybridized carbons (Fsp3) is 0.250. The lowest BCUT2D eigenvalue weighted by Gasteiger charge is -2.10. The minimum absolute atomic E-state index is 0. The summed E-state index contributed by atoms with van der Waals surface area (Å²) in [5.41, 5.74) is 3.23. The maximum Gasteiger partial charge on any atom is 0.246 e. The maximum absolute atomic E-state index is 6.01. The maximum atomic E-state index is 6.01. The Balaban J connectivity index is 0.00000280. The highest BCUT2D eigenvalue weighted by molar-refractivity contribution is 14.0. The van der Waals surface area contributed by atoms with Gasteiger partial charge < -0.3 is 15.2 Å². The molecule has 0 aliphatic carbocycles. The van der Waals surface area contributed by atoms with Crippen LogP contribution in [0.25, 0.3) is 11.4 Å². The Morgan fingerprint density at radius 2 is 1.96 bits per heavy atom. The predicted octanol–water partition coefficient (Wildman–Crippen LogP) is 4.57. The summed E-state index contributed by atoms with van der Waals surface area (Å²) in [6.07, 6.45) is 0. The van der Waals surface area contributed by atoms with E-state index in [0.29, 0.717) is 35.8 Å². The lowest BCUT2D eigenvalue weighted by atomic mass is 10.1. The van der Waals surface area contributed by atoms with Crippen molar-refractivity contribution < 1.29 is 4.52 Å². The number of benzene rings is 2. The van der Waals surface area contributed by atoms with Crippen molar-refractivity contribution in [2.75, 3.05) is 6.54 Å². The van der Waals surface area contributed by atoms with Crippen molar-refractivity contribution in [3.05, 3.63) is 70.6 Å². The van der Waals surface area contributed by atoms with Gasteiger partial charge in [0.2, 0.25) is 11.7 Å². The van der Waals surface area contributed by atoms with Gasteiger partial charge in [-0.3, -0.25) is 0 Å². The second-order valence-electron chi connectivity index (χ2n) is 6.00. The van der Waals surface area contributed by atoms with E-state index in [-0.39, 0.29) is 24.0 Å². The molecule has 1 aromatic heterocycles. The van der Waals surface area contributed by atoms with Gasteiger partial charge in [-0.25, -0.2) is 4.99 Å². The van der Waals surface area contributed by atoms with E-state index in [1.165, 1.54) is 11.1 Å². The lowest BCUT2D eigenvalue weighted by Crippen LogP contribution is -2.36. The minimum atomic E-state index is 0. The third-order valence-electron chi connectivity index (χ3n) is 3.97. The van der Waals surface area contributed by atoms with Crippen molar-refractivity contribution in [1.29, 1.82) is 0 Å². The van der Waals surface area contributed by atoms with Gasteiger partial charge in [0.15, 0.2) is 5.96 Å². The zero-order chi connectivity index (χ0) is 19.1. The number of hydrogen-bond acceptors (Lipinski definition) is 4. The number of hydrogen-bond donors (Lipinski definition) is 2. The van der Waals surface area contributed by atoms with Crippen LogP contribution in [0.5, 0.6) is 0 Å². The smallest absolute Gasteiger partial charge is 0.246 e. The number of rotatable bonds is 6. The van der Waals surface area contributed by atoms with Crippen molar-refractivity contribution in [1.82, 2.24) is 20.8 Å². The first-order valence-electron chi connectivity index (χ1n) is 8.81. The van der Waals surface area contributed by atoms with Crippen LogP contribution in [0.1, 0.15) is 23.9 Å². The molecule has 6 nitrogen and oxygen atoms in total. The molecule has 148 valence electrons. The standard InChI is InChI=1S/C20H22ClN5O.HI/c1-3-22-20(23-12-16-8-5-4-7-14(16)2)24-13-18-25-19(26-27-18)15-9-6-10-17(21)11-15;/h4-11H,3,12-13H2,1-2H3,(H2,22,23,24);1H. The second-order valence-corrected chi connectivity index (χ2v) is 6.43. The highest BCUT2D eigenvalue weighted by atomic mass is 127. The molecule has 0 bridgehead atoms. The molecule has 3 rings (SSSR count). The summed E-state index contributed by atoms with van der Waals surface area (Å²) >= 11 is 6.01. The number of halogens is 2. The summed E-state index contributed by atoms with van der Waals surface area (Å²) in [6.45, 7) is 5.85. The van der Waals surface area contributed by atoms with Gasteiger partial charge in [0, 0.05) is 17.1 Å². The molecule has 0 unspecified atom stereocenters. The Labute approximate surface area is 186 Å². The van der Waals surface area contributed by atoms with Crippen molar-refractivity contribution in [3.63, 3.8) is 0 Å². The van der Waals surface area contributed by atoms with Gasteiger partial charge in [-0.05, 0) is 37.1 Å². The molecule has 0 saturated heterocycles.